The molecular weight excluding hydrogens is 370 g/mol. The minimum absolute atomic E-state index is 0.145. The first kappa shape index (κ1) is 17.4. The lowest BCUT2D eigenvalue weighted by Gasteiger charge is -2.11. The maximum atomic E-state index is 12.2. The predicted octanol–water partition coefficient (Wildman–Crippen LogP) is 2.97. The van der Waals surface area contributed by atoms with Gasteiger partial charge in [-0.2, -0.15) is 5.10 Å². The molecule has 0 saturated carbocycles. The van der Waals surface area contributed by atoms with Crippen molar-refractivity contribution in [3.8, 4) is 23.0 Å². The number of nitrogens with zero attached hydrogens (tertiary/aromatic N) is 4. The van der Waals surface area contributed by atoms with E-state index in [1.165, 1.54) is 11.8 Å². The van der Waals surface area contributed by atoms with Crippen LogP contribution in [0.5, 0.6) is 11.5 Å². The maximum Gasteiger partial charge on any atom is 0.277 e. The predicted molar refractivity (Wildman–Crippen MR) is 97.8 cm³/mol. The van der Waals surface area contributed by atoms with Gasteiger partial charge in [-0.05, 0) is 32.0 Å². The highest BCUT2D eigenvalue weighted by molar-refractivity contribution is 7.99. The number of amides is 1. The van der Waals surface area contributed by atoms with Crippen molar-refractivity contribution < 1.29 is 18.7 Å². The molecule has 0 radical (unpaired) electrons. The van der Waals surface area contributed by atoms with Crippen LogP contribution in [0.15, 0.2) is 40.1 Å². The van der Waals surface area contributed by atoms with Crippen molar-refractivity contribution in [1.29, 1.82) is 0 Å². The van der Waals surface area contributed by atoms with Crippen LogP contribution in [0.4, 0.5) is 5.82 Å². The van der Waals surface area contributed by atoms with Gasteiger partial charge < -0.3 is 19.2 Å². The Bertz CT molecular complexity index is 968. The van der Waals surface area contributed by atoms with Gasteiger partial charge in [-0.3, -0.25) is 4.79 Å². The number of nitrogens with one attached hydrogen (secondary N) is 1. The minimum Gasteiger partial charge on any atom is -0.454 e. The Labute approximate surface area is 159 Å². The average molecular weight is 387 g/mol. The normalized spacial score (nSPS) is 12.6. The van der Waals surface area contributed by atoms with Gasteiger partial charge >= 0.3 is 0 Å². The van der Waals surface area contributed by atoms with Crippen LogP contribution >= 0.6 is 11.8 Å². The third-order valence-electron chi connectivity index (χ3n) is 3.78. The van der Waals surface area contributed by atoms with E-state index in [2.05, 4.69) is 20.6 Å². The standard InChI is InChI=1S/C17H17N5O4S/c1-10(2)22-14(5-6-18-22)19-15(23)8-27-17-21-20-16(26-17)11-3-4-12-13(7-11)25-9-24-12/h3-7,10H,8-9H2,1-2H3,(H,19,23). The number of hydrogen-bond donors (Lipinski definition) is 1. The van der Waals surface area contributed by atoms with Crippen LogP contribution in [0.25, 0.3) is 11.5 Å². The molecule has 0 aliphatic carbocycles. The van der Waals surface area contributed by atoms with Gasteiger partial charge in [-0.1, -0.05) is 11.8 Å². The summed E-state index contributed by atoms with van der Waals surface area (Å²) in [7, 11) is 0. The summed E-state index contributed by atoms with van der Waals surface area (Å²) in [6.45, 7) is 4.19. The van der Waals surface area contributed by atoms with Crippen molar-refractivity contribution in [2.75, 3.05) is 17.9 Å². The molecule has 0 unspecified atom stereocenters. The maximum absolute atomic E-state index is 12.2. The molecule has 9 nitrogen and oxygen atoms in total. The van der Waals surface area contributed by atoms with E-state index >= 15 is 0 Å². The third kappa shape index (κ3) is 3.75. The summed E-state index contributed by atoms with van der Waals surface area (Å²) in [5.74, 6) is 2.30. The molecule has 1 aliphatic rings. The largest absolute Gasteiger partial charge is 0.454 e. The first-order valence-electron chi connectivity index (χ1n) is 8.30. The molecule has 1 N–H and O–H groups in total. The van der Waals surface area contributed by atoms with Crippen LogP contribution in [0.2, 0.25) is 0 Å². The van der Waals surface area contributed by atoms with E-state index in [1.807, 2.05) is 19.9 Å². The molecule has 2 aromatic heterocycles. The molecule has 1 aliphatic heterocycles. The summed E-state index contributed by atoms with van der Waals surface area (Å²) < 4.78 is 18.0. The Morgan fingerprint density at radius 2 is 2.11 bits per heavy atom. The van der Waals surface area contributed by atoms with Gasteiger partial charge in [0.05, 0.1) is 11.9 Å². The van der Waals surface area contributed by atoms with Crippen LogP contribution in [-0.2, 0) is 4.79 Å². The van der Waals surface area contributed by atoms with Crippen molar-refractivity contribution in [3.05, 3.63) is 30.5 Å². The zero-order valence-electron chi connectivity index (χ0n) is 14.7. The molecule has 0 atom stereocenters. The third-order valence-corrected chi connectivity index (χ3v) is 4.60. The summed E-state index contributed by atoms with van der Waals surface area (Å²) in [6.07, 6.45) is 1.65. The lowest BCUT2D eigenvalue weighted by atomic mass is 10.2. The molecular formula is C17H17N5O4S. The summed E-state index contributed by atoms with van der Waals surface area (Å²) in [4.78, 5) is 12.2. The van der Waals surface area contributed by atoms with Gasteiger partial charge in [0, 0.05) is 17.7 Å². The zero-order valence-corrected chi connectivity index (χ0v) is 15.5. The van der Waals surface area contributed by atoms with E-state index in [1.54, 1.807) is 29.1 Å². The molecule has 0 saturated heterocycles. The Morgan fingerprint density at radius 1 is 1.26 bits per heavy atom. The van der Waals surface area contributed by atoms with Gasteiger partial charge in [0.2, 0.25) is 18.6 Å². The monoisotopic (exact) mass is 387 g/mol. The van der Waals surface area contributed by atoms with E-state index < -0.39 is 0 Å². The number of carbonyl (C=O) groups excluding carboxylic acids is 1. The lowest BCUT2D eigenvalue weighted by molar-refractivity contribution is -0.113. The van der Waals surface area contributed by atoms with Crippen molar-refractivity contribution >= 4 is 23.5 Å². The van der Waals surface area contributed by atoms with Crippen molar-refractivity contribution in [3.63, 3.8) is 0 Å². The van der Waals surface area contributed by atoms with Gasteiger partial charge in [-0.25, -0.2) is 4.68 Å². The fraction of sp³-hybridized carbons (Fsp3) is 0.294. The van der Waals surface area contributed by atoms with Crippen molar-refractivity contribution in [2.45, 2.75) is 25.1 Å². The number of hydrogen-bond acceptors (Lipinski definition) is 8. The molecule has 1 aromatic carbocycles. The molecule has 140 valence electrons. The molecule has 0 fully saturated rings. The quantitative estimate of drug-likeness (QED) is 0.644. The number of benzene rings is 1. The van der Waals surface area contributed by atoms with Crippen molar-refractivity contribution in [1.82, 2.24) is 20.0 Å². The number of rotatable bonds is 6. The van der Waals surface area contributed by atoms with E-state index in [9.17, 15) is 4.79 Å². The number of aromatic nitrogens is 4. The number of carbonyl (C=O) groups is 1. The van der Waals surface area contributed by atoms with Crippen LogP contribution in [0.3, 0.4) is 0 Å². The van der Waals surface area contributed by atoms with Gasteiger partial charge in [0.25, 0.3) is 5.22 Å². The smallest absolute Gasteiger partial charge is 0.277 e. The molecule has 10 heteroatoms. The number of anilines is 1. The van der Waals surface area contributed by atoms with Crippen molar-refractivity contribution in [2.24, 2.45) is 0 Å². The minimum atomic E-state index is -0.176. The topological polar surface area (TPSA) is 104 Å². The summed E-state index contributed by atoms with van der Waals surface area (Å²) in [6, 6.07) is 7.30. The second-order valence-corrected chi connectivity index (χ2v) is 6.96. The van der Waals surface area contributed by atoms with E-state index in [0.717, 1.165) is 5.56 Å². The second-order valence-electron chi connectivity index (χ2n) is 6.03. The highest BCUT2D eigenvalue weighted by atomic mass is 32.2. The Hall–Kier alpha value is -3.01. The van der Waals surface area contributed by atoms with Crippen LogP contribution in [0.1, 0.15) is 19.9 Å². The average Bonchev–Trinajstić information content (AvgIpc) is 3.39. The van der Waals surface area contributed by atoms with Gasteiger partial charge in [0.1, 0.15) is 5.82 Å². The number of thioether (sulfide) groups is 1. The van der Waals surface area contributed by atoms with E-state index in [0.29, 0.717) is 28.4 Å². The summed E-state index contributed by atoms with van der Waals surface area (Å²) >= 11 is 1.17. The Balaban J connectivity index is 1.37. The Kier molecular flexibility index (Phi) is 4.71. The molecule has 4 rings (SSSR count). The second kappa shape index (κ2) is 7.31. The molecule has 3 heterocycles. The molecule has 0 bridgehead atoms. The Morgan fingerprint density at radius 3 is 2.96 bits per heavy atom. The lowest BCUT2D eigenvalue weighted by Crippen LogP contribution is -2.18. The van der Waals surface area contributed by atoms with Crippen LogP contribution < -0.4 is 14.8 Å². The number of fused-ring (bicyclic) bond motifs is 1. The molecule has 1 amide bonds. The first-order chi connectivity index (χ1) is 13.1. The highest BCUT2D eigenvalue weighted by Gasteiger charge is 2.17. The van der Waals surface area contributed by atoms with E-state index in [4.69, 9.17) is 13.9 Å². The molecule has 27 heavy (non-hydrogen) atoms. The zero-order chi connectivity index (χ0) is 18.8. The van der Waals surface area contributed by atoms with Gasteiger partial charge in [0.15, 0.2) is 11.5 Å². The summed E-state index contributed by atoms with van der Waals surface area (Å²) in [5.41, 5.74) is 0.726. The SMILES string of the molecule is CC(C)n1nccc1NC(=O)CSc1nnc(-c2ccc3c(c2)OCO3)o1. The van der Waals surface area contributed by atoms with Crippen LogP contribution in [-0.4, -0.2) is 38.4 Å². The number of ether oxygens (including phenoxy) is 2. The van der Waals surface area contributed by atoms with Gasteiger partial charge in [-0.15, -0.1) is 10.2 Å². The molecule has 3 aromatic rings. The fourth-order valence-electron chi connectivity index (χ4n) is 2.55. The first-order valence-corrected chi connectivity index (χ1v) is 9.28. The highest BCUT2D eigenvalue weighted by Crippen LogP contribution is 2.36. The van der Waals surface area contributed by atoms with Crippen LogP contribution in [0, 0.1) is 0 Å². The summed E-state index contributed by atoms with van der Waals surface area (Å²) in [5, 5.41) is 15.3. The van der Waals surface area contributed by atoms with E-state index in [-0.39, 0.29) is 24.5 Å². The fourth-order valence-corrected chi connectivity index (χ4v) is 3.11. The molecule has 0 spiro atoms.